The Labute approximate surface area is 156 Å². The zero-order chi connectivity index (χ0) is 18.8. The Bertz CT molecular complexity index is 1120. The van der Waals surface area contributed by atoms with E-state index >= 15 is 0 Å². The van der Waals surface area contributed by atoms with Crippen LogP contribution in [0.2, 0.25) is 0 Å². The van der Waals surface area contributed by atoms with Crippen LogP contribution >= 0.6 is 0 Å². The van der Waals surface area contributed by atoms with Crippen molar-refractivity contribution >= 4 is 28.2 Å². The summed E-state index contributed by atoms with van der Waals surface area (Å²) in [5.74, 6) is -0.201. The van der Waals surface area contributed by atoms with Crippen molar-refractivity contribution < 1.29 is 4.79 Å². The number of carbonyl (C=O) groups excluding carboxylic acids is 1. The number of carbonyl (C=O) groups is 1. The summed E-state index contributed by atoms with van der Waals surface area (Å²) in [6, 6.07) is 14.9. The van der Waals surface area contributed by atoms with Crippen molar-refractivity contribution in [3.05, 3.63) is 83.8 Å². The highest BCUT2D eigenvalue weighted by atomic mass is 16.1. The van der Waals surface area contributed by atoms with Crippen molar-refractivity contribution in [1.82, 2.24) is 14.8 Å². The molecular formula is C21H19N5O. The highest BCUT2D eigenvalue weighted by molar-refractivity contribution is 6.07. The minimum Gasteiger partial charge on any atom is -0.397 e. The van der Waals surface area contributed by atoms with E-state index in [2.05, 4.69) is 15.4 Å². The third-order valence-corrected chi connectivity index (χ3v) is 4.34. The molecule has 0 radical (unpaired) electrons. The Hall–Kier alpha value is -3.67. The minimum absolute atomic E-state index is 0.201. The maximum Gasteiger partial charge on any atom is 0.255 e. The molecule has 0 atom stereocenters. The van der Waals surface area contributed by atoms with Crippen LogP contribution in [0.25, 0.3) is 10.9 Å². The van der Waals surface area contributed by atoms with Gasteiger partial charge in [-0.05, 0) is 54.4 Å². The lowest BCUT2D eigenvalue weighted by atomic mass is 10.1. The number of hydrogen-bond donors (Lipinski definition) is 2. The molecule has 0 aliphatic rings. The summed E-state index contributed by atoms with van der Waals surface area (Å²) in [4.78, 5) is 16.7. The molecule has 2 aromatic carbocycles. The zero-order valence-corrected chi connectivity index (χ0v) is 14.9. The van der Waals surface area contributed by atoms with Gasteiger partial charge in [0.1, 0.15) is 0 Å². The maximum atomic E-state index is 12.6. The van der Waals surface area contributed by atoms with Crippen LogP contribution in [0.15, 0.2) is 67.1 Å². The fourth-order valence-electron chi connectivity index (χ4n) is 2.97. The van der Waals surface area contributed by atoms with Gasteiger partial charge in [-0.2, -0.15) is 5.10 Å². The molecule has 2 aromatic heterocycles. The van der Waals surface area contributed by atoms with Crippen LogP contribution in [0.5, 0.6) is 0 Å². The zero-order valence-electron chi connectivity index (χ0n) is 14.9. The minimum atomic E-state index is -0.201. The number of benzene rings is 2. The molecule has 134 valence electrons. The third-order valence-electron chi connectivity index (χ3n) is 4.34. The van der Waals surface area contributed by atoms with E-state index in [4.69, 9.17) is 5.73 Å². The monoisotopic (exact) mass is 357 g/mol. The molecule has 3 N–H and O–H groups in total. The lowest BCUT2D eigenvalue weighted by Gasteiger charge is -2.09. The number of nitrogens with one attached hydrogen (secondary N) is 1. The molecule has 0 saturated carbocycles. The Morgan fingerprint density at radius 2 is 2.07 bits per heavy atom. The SMILES string of the molecule is Cc1ccc(NC(=O)c2ccc3nn(Cc4cccnc4)cc3c2)c(N)c1. The van der Waals surface area contributed by atoms with Crippen molar-refractivity contribution in [2.75, 3.05) is 11.1 Å². The Kier molecular flexibility index (Phi) is 4.30. The molecule has 2 heterocycles. The first kappa shape index (κ1) is 16.8. The van der Waals surface area contributed by atoms with E-state index in [9.17, 15) is 4.79 Å². The lowest BCUT2D eigenvalue weighted by molar-refractivity contribution is 0.102. The fourth-order valence-corrected chi connectivity index (χ4v) is 2.97. The molecule has 27 heavy (non-hydrogen) atoms. The smallest absolute Gasteiger partial charge is 0.255 e. The van der Waals surface area contributed by atoms with Gasteiger partial charge in [0.15, 0.2) is 0 Å². The first-order chi connectivity index (χ1) is 13.1. The van der Waals surface area contributed by atoms with E-state index in [1.54, 1.807) is 12.3 Å². The molecule has 0 aliphatic carbocycles. The van der Waals surface area contributed by atoms with Gasteiger partial charge in [-0.25, -0.2) is 0 Å². The molecule has 0 spiro atoms. The first-order valence-electron chi connectivity index (χ1n) is 8.62. The van der Waals surface area contributed by atoms with E-state index in [0.29, 0.717) is 23.5 Å². The Morgan fingerprint density at radius 1 is 1.19 bits per heavy atom. The Balaban J connectivity index is 1.56. The molecular weight excluding hydrogens is 338 g/mol. The molecule has 4 rings (SSSR count). The number of nitrogens with zero attached hydrogens (tertiary/aromatic N) is 3. The van der Waals surface area contributed by atoms with E-state index in [-0.39, 0.29) is 5.91 Å². The number of amides is 1. The number of anilines is 2. The van der Waals surface area contributed by atoms with E-state index < -0.39 is 0 Å². The van der Waals surface area contributed by atoms with E-state index in [0.717, 1.165) is 22.0 Å². The van der Waals surface area contributed by atoms with Gasteiger partial charge >= 0.3 is 0 Å². The predicted molar refractivity (Wildman–Crippen MR) is 107 cm³/mol. The average Bonchev–Trinajstić information content (AvgIpc) is 3.06. The van der Waals surface area contributed by atoms with Gasteiger partial charge in [0, 0.05) is 29.5 Å². The van der Waals surface area contributed by atoms with Gasteiger partial charge in [0.2, 0.25) is 0 Å². The number of hydrogen-bond acceptors (Lipinski definition) is 4. The summed E-state index contributed by atoms with van der Waals surface area (Å²) in [6.07, 6.45) is 5.49. The quantitative estimate of drug-likeness (QED) is 0.546. The van der Waals surface area contributed by atoms with Gasteiger partial charge < -0.3 is 11.1 Å². The van der Waals surface area contributed by atoms with Crippen molar-refractivity contribution in [2.45, 2.75) is 13.5 Å². The maximum absolute atomic E-state index is 12.6. The van der Waals surface area contributed by atoms with Crippen LogP contribution in [0, 0.1) is 6.92 Å². The second-order valence-electron chi connectivity index (χ2n) is 6.51. The lowest BCUT2D eigenvalue weighted by Crippen LogP contribution is -2.13. The number of pyridine rings is 1. The van der Waals surface area contributed by atoms with Crippen LogP contribution in [0.1, 0.15) is 21.5 Å². The van der Waals surface area contributed by atoms with Gasteiger partial charge in [0.05, 0.1) is 23.4 Å². The van der Waals surface area contributed by atoms with Crippen LogP contribution in [0.3, 0.4) is 0 Å². The Morgan fingerprint density at radius 3 is 2.85 bits per heavy atom. The van der Waals surface area contributed by atoms with E-state index in [1.807, 2.05) is 66.5 Å². The number of aromatic nitrogens is 3. The molecule has 0 saturated heterocycles. The standard InChI is InChI=1S/C21H19N5O/c1-14-4-6-20(18(22)9-14)24-21(27)16-5-7-19-17(10-16)13-26(25-19)12-15-3-2-8-23-11-15/h2-11,13H,12,22H2,1H3,(H,24,27). The third kappa shape index (κ3) is 3.64. The molecule has 0 unspecified atom stereocenters. The second kappa shape index (κ2) is 6.92. The molecule has 6 heteroatoms. The number of rotatable bonds is 4. The number of aryl methyl sites for hydroxylation is 1. The van der Waals surface area contributed by atoms with Crippen LogP contribution in [-0.2, 0) is 6.54 Å². The van der Waals surface area contributed by atoms with Crippen LogP contribution in [0.4, 0.5) is 11.4 Å². The van der Waals surface area contributed by atoms with Gasteiger partial charge in [-0.3, -0.25) is 14.5 Å². The second-order valence-corrected chi connectivity index (χ2v) is 6.51. The average molecular weight is 357 g/mol. The number of nitrogen functional groups attached to an aromatic ring is 1. The van der Waals surface area contributed by atoms with Crippen LogP contribution in [-0.4, -0.2) is 20.7 Å². The predicted octanol–water partition coefficient (Wildman–Crippen LogP) is 3.62. The highest BCUT2D eigenvalue weighted by Gasteiger charge is 2.10. The van der Waals surface area contributed by atoms with Gasteiger partial charge in [-0.1, -0.05) is 12.1 Å². The largest absolute Gasteiger partial charge is 0.397 e. The molecule has 0 bridgehead atoms. The van der Waals surface area contributed by atoms with Crippen molar-refractivity contribution in [2.24, 2.45) is 0 Å². The normalized spacial score (nSPS) is 10.9. The fraction of sp³-hybridized carbons (Fsp3) is 0.0952. The summed E-state index contributed by atoms with van der Waals surface area (Å²) in [5, 5.41) is 8.33. The summed E-state index contributed by atoms with van der Waals surface area (Å²) in [7, 11) is 0. The summed E-state index contributed by atoms with van der Waals surface area (Å²) < 4.78 is 1.85. The van der Waals surface area contributed by atoms with Gasteiger partial charge in [0.25, 0.3) is 5.91 Å². The molecule has 0 aliphatic heterocycles. The van der Waals surface area contributed by atoms with E-state index in [1.165, 1.54) is 0 Å². The summed E-state index contributed by atoms with van der Waals surface area (Å²) in [6.45, 7) is 2.59. The molecule has 1 amide bonds. The molecule has 4 aromatic rings. The van der Waals surface area contributed by atoms with Crippen LogP contribution < -0.4 is 11.1 Å². The summed E-state index contributed by atoms with van der Waals surface area (Å²) >= 11 is 0. The molecule has 6 nitrogen and oxygen atoms in total. The number of nitrogens with two attached hydrogens (primary N) is 1. The van der Waals surface area contributed by atoms with Gasteiger partial charge in [-0.15, -0.1) is 0 Å². The topological polar surface area (TPSA) is 85.8 Å². The summed E-state index contributed by atoms with van der Waals surface area (Å²) in [5.41, 5.74) is 10.7. The highest BCUT2D eigenvalue weighted by Crippen LogP contribution is 2.21. The van der Waals surface area contributed by atoms with Crippen molar-refractivity contribution in [3.63, 3.8) is 0 Å². The first-order valence-corrected chi connectivity index (χ1v) is 8.62. The molecule has 0 fully saturated rings. The van der Waals surface area contributed by atoms with Crippen molar-refractivity contribution in [1.29, 1.82) is 0 Å². The number of fused-ring (bicyclic) bond motifs is 1. The van der Waals surface area contributed by atoms with Crippen molar-refractivity contribution in [3.8, 4) is 0 Å².